The van der Waals surface area contributed by atoms with Gasteiger partial charge in [0, 0.05) is 18.4 Å². The number of hydrogen-bond donors (Lipinski definition) is 2. The number of amides is 1. The van der Waals surface area contributed by atoms with Gasteiger partial charge in [-0.05, 0) is 47.9 Å². The van der Waals surface area contributed by atoms with Gasteiger partial charge < -0.3 is 20.1 Å². The van der Waals surface area contributed by atoms with Crippen molar-refractivity contribution in [2.75, 3.05) is 25.6 Å². The average molecular weight is 379 g/mol. The summed E-state index contributed by atoms with van der Waals surface area (Å²) in [5.41, 5.74) is 1.84. The van der Waals surface area contributed by atoms with Crippen molar-refractivity contribution in [3.63, 3.8) is 0 Å². The zero-order valence-electron chi connectivity index (χ0n) is 16.4. The first kappa shape index (κ1) is 20.8. The monoisotopic (exact) mass is 379 g/mol. The Kier molecular flexibility index (Phi) is 7.92. The third-order valence-electron chi connectivity index (χ3n) is 4.02. The lowest BCUT2D eigenvalue weighted by molar-refractivity contribution is -0.112. The molecule has 0 saturated carbocycles. The summed E-state index contributed by atoms with van der Waals surface area (Å²) in [6, 6.07) is 16.7. The van der Waals surface area contributed by atoms with E-state index in [0.29, 0.717) is 24.8 Å². The van der Waals surface area contributed by atoms with Crippen molar-refractivity contribution in [2.24, 2.45) is 0 Å². The van der Waals surface area contributed by atoms with Gasteiger partial charge >= 0.3 is 0 Å². The van der Waals surface area contributed by atoms with E-state index >= 15 is 0 Å². The van der Waals surface area contributed by atoms with E-state index in [1.54, 1.807) is 7.11 Å². The predicted molar refractivity (Wildman–Crippen MR) is 109 cm³/mol. The zero-order valence-corrected chi connectivity index (χ0v) is 16.4. The predicted octanol–water partition coefficient (Wildman–Crippen LogP) is 3.83. The first-order valence-electron chi connectivity index (χ1n) is 9.05. The lowest BCUT2D eigenvalue weighted by Gasteiger charge is -2.09. The lowest BCUT2D eigenvalue weighted by Crippen LogP contribution is -2.20. The highest BCUT2D eigenvalue weighted by Crippen LogP contribution is 2.18. The number of methoxy groups -OCH3 is 1. The maximum Gasteiger partial charge on any atom is 0.267 e. The summed E-state index contributed by atoms with van der Waals surface area (Å²) < 4.78 is 10.7. The number of nitrogens with one attached hydrogen (secondary N) is 2. The van der Waals surface area contributed by atoms with E-state index in [4.69, 9.17) is 9.47 Å². The van der Waals surface area contributed by atoms with Crippen molar-refractivity contribution in [1.82, 2.24) is 5.32 Å². The van der Waals surface area contributed by atoms with Crippen LogP contribution in [-0.2, 0) is 4.79 Å². The molecule has 2 aromatic carbocycles. The molecule has 0 heterocycles. The smallest absolute Gasteiger partial charge is 0.267 e. The van der Waals surface area contributed by atoms with Crippen molar-refractivity contribution in [2.45, 2.75) is 19.8 Å². The van der Waals surface area contributed by atoms with Gasteiger partial charge in [-0.1, -0.05) is 26.0 Å². The maximum absolute atomic E-state index is 12.2. The summed E-state index contributed by atoms with van der Waals surface area (Å²) in [6.07, 6.45) is 1.40. The number of rotatable bonds is 9. The number of nitriles is 1. The van der Waals surface area contributed by atoms with Gasteiger partial charge in [-0.2, -0.15) is 5.26 Å². The molecule has 0 aliphatic heterocycles. The minimum Gasteiger partial charge on any atom is -0.497 e. The van der Waals surface area contributed by atoms with Crippen LogP contribution in [0.4, 0.5) is 5.69 Å². The number of carbonyl (C=O) groups is 1. The van der Waals surface area contributed by atoms with Crippen molar-refractivity contribution >= 4 is 11.6 Å². The van der Waals surface area contributed by atoms with Crippen molar-refractivity contribution in [3.05, 3.63) is 65.9 Å². The molecule has 0 aromatic heterocycles. The second kappa shape index (κ2) is 10.6. The van der Waals surface area contributed by atoms with Gasteiger partial charge in [0.15, 0.2) is 0 Å². The number of benzene rings is 2. The highest BCUT2D eigenvalue weighted by molar-refractivity contribution is 6.06. The molecule has 0 aliphatic carbocycles. The molecule has 0 fully saturated rings. The number of hydrogen-bond acceptors (Lipinski definition) is 5. The minimum atomic E-state index is -0.455. The van der Waals surface area contributed by atoms with E-state index in [2.05, 4.69) is 24.5 Å². The first-order valence-corrected chi connectivity index (χ1v) is 9.05. The Hall–Kier alpha value is -3.46. The highest BCUT2D eigenvalue weighted by Gasteiger charge is 2.09. The van der Waals surface area contributed by atoms with E-state index in [0.717, 1.165) is 11.5 Å². The molecule has 0 atom stereocenters. The molecule has 6 nitrogen and oxygen atoms in total. The molecule has 2 rings (SSSR count). The number of ether oxygens (including phenoxy) is 2. The Balaban J connectivity index is 1.80. The topological polar surface area (TPSA) is 83.4 Å². The molecule has 0 radical (unpaired) electrons. The molecule has 28 heavy (non-hydrogen) atoms. The molecule has 0 aliphatic rings. The van der Waals surface area contributed by atoms with E-state index in [9.17, 15) is 10.1 Å². The Morgan fingerprint density at radius 2 is 1.75 bits per heavy atom. The van der Waals surface area contributed by atoms with Crippen LogP contribution < -0.4 is 20.1 Å². The lowest BCUT2D eigenvalue weighted by atomic mass is 10.0. The second-order valence-corrected chi connectivity index (χ2v) is 6.38. The highest BCUT2D eigenvalue weighted by atomic mass is 16.5. The van der Waals surface area contributed by atoms with Crippen LogP contribution in [0.1, 0.15) is 25.3 Å². The summed E-state index contributed by atoms with van der Waals surface area (Å²) in [7, 11) is 1.61. The number of nitrogens with zero attached hydrogens (tertiary/aromatic N) is 1. The third kappa shape index (κ3) is 6.36. The largest absolute Gasteiger partial charge is 0.497 e. The summed E-state index contributed by atoms with van der Waals surface area (Å²) in [6.45, 7) is 5.05. The molecule has 0 saturated heterocycles. The molecule has 1 amide bonds. The van der Waals surface area contributed by atoms with E-state index in [1.165, 1.54) is 11.8 Å². The van der Waals surface area contributed by atoms with Gasteiger partial charge in [-0.3, -0.25) is 4.79 Å². The molecule has 6 heteroatoms. The quantitative estimate of drug-likeness (QED) is 0.393. The fourth-order valence-electron chi connectivity index (χ4n) is 2.37. The molecule has 0 spiro atoms. The molecule has 2 N–H and O–H groups in total. The standard InChI is InChI=1S/C22H25N3O3/c1-16(2)17-4-6-19(7-5-17)25-22(26)18(14-23)15-24-12-13-28-21-10-8-20(27-3)9-11-21/h4-11,15-16,24H,12-13H2,1-3H3,(H,25,26)/b18-15-. The van der Waals surface area contributed by atoms with Gasteiger partial charge in [0.05, 0.1) is 7.11 Å². The minimum absolute atomic E-state index is 0.00242. The van der Waals surface area contributed by atoms with Crippen LogP contribution in [0, 0.1) is 11.3 Å². The fraction of sp³-hybridized carbons (Fsp3) is 0.273. The van der Waals surface area contributed by atoms with Crippen molar-refractivity contribution in [3.8, 4) is 17.6 Å². The molecule has 2 aromatic rings. The Morgan fingerprint density at radius 1 is 1.11 bits per heavy atom. The van der Waals surface area contributed by atoms with E-state index in [1.807, 2.05) is 54.6 Å². The van der Waals surface area contributed by atoms with E-state index in [-0.39, 0.29) is 5.57 Å². The maximum atomic E-state index is 12.2. The molecule has 0 bridgehead atoms. The second-order valence-electron chi connectivity index (χ2n) is 6.38. The van der Waals surface area contributed by atoms with Gasteiger partial charge in [0.2, 0.25) is 0 Å². The van der Waals surface area contributed by atoms with Crippen LogP contribution in [0.5, 0.6) is 11.5 Å². The van der Waals surface area contributed by atoms with Gasteiger partial charge in [-0.15, -0.1) is 0 Å². The summed E-state index contributed by atoms with van der Waals surface area (Å²) in [4.78, 5) is 12.2. The van der Waals surface area contributed by atoms with Crippen molar-refractivity contribution < 1.29 is 14.3 Å². The van der Waals surface area contributed by atoms with Crippen LogP contribution in [0.3, 0.4) is 0 Å². The van der Waals surface area contributed by atoms with Crippen LogP contribution in [0.2, 0.25) is 0 Å². The Morgan fingerprint density at radius 3 is 2.32 bits per heavy atom. The van der Waals surface area contributed by atoms with Crippen LogP contribution >= 0.6 is 0 Å². The zero-order chi connectivity index (χ0) is 20.4. The Bertz CT molecular complexity index is 835. The summed E-state index contributed by atoms with van der Waals surface area (Å²) in [5.74, 6) is 1.44. The Labute approximate surface area is 165 Å². The molecular weight excluding hydrogens is 354 g/mol. The van der Waals surface area contributed by atoms with Crippen LogP contribution in [0.15, 0.2) is 60.3 Å². The average Bonchev–Trinajstić information content (AvgIpc) is 2.71. The van der Waals surface area contributed by atoms with Crippen molar-refractivity contribution in [1.29, 1.82) is 5.26 Å². The van der Waals surface area contributed by atoms with E-state index < -0.39 is 5.91 Å². The van der Waals surface area contributed by atoms with Gasteiger partial charge in [-0.25, -0.2) is 0 Å². The normalized spacial score (nSPS) is 10.9. The fourth-order valence-corrected chi connectivity index (χ4v) is 2.37. The number of carbonyl (C=O) groups excluding carboxylic acids is 1. The molecule has 0 unspecified atom stereocenters. The summed E-state index contributed by atoms with van der Waals surface area (Å²) in [5, 5.41) is 14.9. The molecular formula is C22H25N3O3. The van der Waals surface area contributed by atoms with Gasteiger partial charge in [0.1, 0.15) is 29.7 Å². The third-order valence-corrected chi connectivity index (χ3v) is 4.02. The SMILES string of the molecule is COc1ccc(OCCN/C=C(/C#N)C(=O)Nc2ccc(C(C)C)cc2)cc1. The number of anilines is 1. The summed E-state index contributed by atoms with van der Waals surface area (Å²) >= 11 is 0. The van der Waals surface area contributed by atoms with Gasteiger partial charge in [0.25, 0.3) is 5.91 Å². The van der Waals surface area contributed by atoms with Crippen LogP contribution in [-0.4, -0.2) is 26.2 Å². The first-order chi connectivity index (χ1) is 13.5. The van der Waals surface area contributed by atoms with Crippen LogP contribution in [0.25, 0.3) is 0 Å². The molecule has 146 valence electrons.